The van der Waals surface area contributed by atoms with Crippen molar-refractivity contribution < 1.29 is 33.8 Å². The molecular formula is C10H15FN2O6. The van der Waals surface area contributed by atoms with Gasteiger partial charge in [-0.2, -0.15) is 0 Å². The fourth-order valence-corrected chi connectivity index (χ4v) is 1.13. The number of carbonyl (C=O) groups excluding carboxylic acids is 3. The third kappa shape index (κ3) is 5.53. The largest absolute Gasteiger partial charge is 0.481 e. The van der Waals surface area contributed by atoms with E-state index in [0.29, 0.717) is 0 Å². The van der Waals surface area contributed by atoms with Crippen LogP contribution in [-0.2, 0) is 19.2 Å². The standard InChI is InChI=1S/C10H15FN2O6/c1-4(14)8(12)10(19)13-5(2-7(16)17)9(18)6(15)3-11/h4-5,8,14H,2-3,12H2,1H3,(H,13,19)(H,16,17)/t4-,5+,8+/m1/s1. The molecule has 0 aliphatic carbocycles. The van der Waals surface area contributed by atoms with E-state index >= 15 is 0 Å². The number of halogens is 1. The second-order valence-electron chi connectivity index (χ2n) is 3.85. The van der Waals surface area contributed by atoms with Gasteiger partial charge in [-0.15, -0.1) is 0 Å². The first-order chi connectivity index (χ1) is 8.70. The van der Waals surface area contributed by atoms with Crippen LogP contribution in [0, 0.1) is 0 Å². The molecule has 0 saturated heterocycles. The minimum atomic E-state index is -1.71. The number of carbonyl (C=O) groups is 4. The number of carboxylic acid groups (broad SMARTS) is 1. The summed E-state index contributed by atoms with van der Waals surface area (Å²) in [6.45, 7) is -0.377. The SMILES string of the molecule is C[C@@H](O)[C@H](N)C(=O)N[C@@H](CC(=O)O)C(=O)C(=O)CF. The Morgan fingerprint density at radius 2 is 1.84 bits per heavy atom. The number of alkyl halides is 1. The smallest absolute Gasteiger partial charge is 0.305 e. The third-order valence-corrected chi connectivity index (χ3v) is 2.23. The van der Waals surface area contributed by atoms with Gasteiger partial charge in [0.25, 0.3) is 0 Å². The van der Waals surface area contributed by atoms with Gasteiger partial charge < -0.3 is 21.3 Å². The summed E-state index contributed by atoms with van der Waals surface area (Å²) >= 11 is 0. The quantitative estimate of drug-likeness (QED) is 0.367. The molecule has 19 heavy (non-hydrogen) atoms. The first kappa shape index (κ1) is 17.1. The maximum absolute atomic E-state index is 12.1. The zero-order valence-electron chi connectivity index (χ0n) is 10.1. The van der Waals surface area contributed by atoms with Gasteiger partial charge in [0.2, 0.25) is 17.5 Å². The molecule has 9 heteroatoms. The third-order valence-electron chi connectivity index (χ3n) is 2.23. The topological polar surface area (TPSA) is 147 Å². The van der Waals surface area contributed by atoms with Crippen LogP contribution in [0.25, 0.3) is 0 Å². The number of hydrogen-bond acceptors (Lipinski definition) is 6. The Morgan fingerprint density at radius 3 is 2.21 bits per heavy atom. The van der Waals surface area contributed by atoms with E-state index in [1.807, 2.05) is 5.32 Å². The van der Waals surface area contributed by atoms with Gasteiger partial charge in [0.05, 0.1) is 12.5 Å². The van der Waals surface area contributed by atoms with Crippen LogP contribution >= 0.6 is 0 Å². The lowest BCUT2D eigenvalue weighted by Crippen LogP contribution is -2.54. The van der Waals surface area contributed by atoms with Crippen LogP contribution in [0.2, 0.25) is 0 Å². The minimum absolute atomic E-state index is 0.886. The second kappa shape index (κ2) is 7.54. The summed E-state index contributed by atoms with van der Waals surface area (Å²) < 4.78 is 12.1. The molecule has 0 saturated carbocycles. The zero-order valence-corrected chi connectivity index (χ0v) is 10.1. The van der Waals surface area contributed by atoms with Crippen LogP contribution in [0.4, 0.5) is 4.39 Å². The summed E-state index contributed by atoms with van der Waals surface area (Å²) in [6.07, 6.45) is -2.12. The van der Waals surface area contributed by atoms with Crippen molar-refractivity contribution in [2.24, 2.45) is 5.73 Å². The van der Waals surface area contributed by atoms with Crippen LogP contribution < -0.4 is 11.1 Å². The van der Waals surface area contributed by atoms with E-state index in [2.05, 4.69) is 0 Å². The normalized spacial score (nSPS) is 15.2. The van der Waals surface area contributed by atoms with Gasteiger partial charge in [0.15, 0.2) is 6.67 Å². The summed E-state index contributed by atoms with van der Waals surface area (Å²) in [7, 11) is 0. The molecule has 5 N–H and O–H groups in total. The highest BCUT2D eigenvalue weighted by Gasteiger charge is 2.31. The van der Waals surface area contributed by atoms with Crippen molar-refractivity contribution in [2.45, 2.75) is 31.5 Å². The van der Waals surface area contributed by atoms with Crippen LogP contribution in [0.3, 0.4) is 0 Å². The van der Waals surface area contributed by atoms with Gasteiger partial charge in [-0.05, 0) is 6.92 Å². The van der Waals surface area contributed by atoms with E-state index in [-0.39, 0.29) is 0 Å². The number of aliphatic carboxylic acids is 1. The van der Waals surface area contributed by atoms with Crippen molar-refractivity contribution in [1.82, 2.24) is 5.32 Å². The number of amides is 1. The maximum Gasteiger partial charge on any atom is 0.305 e. The molecule has 0 aromatic heterocycles. The van der Waals surface area contributed by atoms with Crippen LogP contribution in [0.15, 0.2) is 0 Å². The molecule has 0 unspecified atom stereocenters. The molecule has 0 aliphatic rings. The lowest BCUT2D eigenvalue weighted by atomic mass is 10.0. The Balaban J connectivity index is 4.87. The summed E-state index contributed by atoms with van der Waals surface area (Å²) in [4.78, 5) is 44.2. The Kier molecular flexibility index (Phi) is 6.80. The molecule has 8 nitrogen and oxygen atoms in total. The molecule has 0 aromatic rings. The summed E-state index contributed by atoms with van der Waals surface area (Å²) in [6, 6.07) is -3.11. The molecule has 0 aliphatic heterocycles. The fourth-order valence-electron chi connectivity index (χ4n) is 1.13. The van der Waals surface area contributed by atoms with E-state index in [9.17, 15) is 23.6 Å². The van der Waals surface area contributed by atoms with Crippen molar-refractivity contribution in [3.63, 3.8) is 0 Å². The van der Waals surface area contributed by atoms with Gasteiger partial charge in [0.1, 0.15) is 12.1 Å². The molecule has 0 bridgehead atoms. The molecule has 0 heterocycles. The van der Waals surface area contributed by atoms with E-state index < -0.39 is 54.7 Å². The number of ketones is 2. The average Bonchev–Trinajstić information content (AvgIpc) is 2.34. The Morgan fingerprint density at radius 1 is 1.32 bits per heavy atom. The molecule has 0 spiro atoms. The number of aliphatic hydroxyl groups excluding tert-OH is 1. The summed E-state index contributed by atoms with van der Waals surface area (Å²) in [5, 5.41) is 19.5. The van der Waals surface area contributed by atoms with Crippen molar-refractivity contribution in [2.75, 3.05) is 6.67 Å². The van der Waals surface area contributed by atoms with E-state index in [1.165, 1.54) is 6.92 Å². The van der Waals surface area contributed by atoms with Crippen molar-refractivity contribution >= 4 is 23.4 Å². The number of nitrogens with two attached hydrogens (primary N) is 1. The average molecular weight is 278 g/mol. The lowest BCUT2D eigenvalue weighted by molar-refractivity contribution is -0.143. The minimum Gasteiger partial charge on any atom is -0.481 e. The van der Waals surface area contributed by atoms with E-state index in [4.69, 9.17) is 15.9 Å². The molecule has 3 atom stereocenters. The summed E-state index contributed by atoms with van der Waals surface area (Å²) in [5.74, 6) is -5.29. The van der Waals surface area contributed by atoms with Gasteiger partial charge >= 0.3 is 5.97 Å². The van der Waals surface area contributed by atoms with Crippen LogP contribution in [0.5, 0.6) is 0 Å². The Hall–Kier alpha value is -1.87. The van der Waals surface area contributed by atoms with Crippen LogP contribution in [-0.4, -0.2) is 58.5 Å². The number of hydrogen-bond donors (Lipinski definition) is 4. The highest BCUT2D eigenvalue weighted by Crippen LogP contribution is 1.99. The number of aliphatic hydroxyl groups is 1. The van der Waals surface area contributed by atoms with Gasteiger partial charge in [-0.25, -0.2) is 4.39 Å². The molecule has 0 aromatic carbocycles. The number of Topliss-reactive ketones (excluding diaryl/α,β-unsaturated/α-hetero) is 2. The number of carboxylic acids is 1. The van der Waals surface area contributed by atoms with Crippen molar-refractivity contribution in [3.05, 3.63) is 0 Å². The van der Waals surface area contributed by atoms with Crippen molar-refractivity contribution in [3.8, 4) is 0 Å². The molecular weight excluding hydrogens is 263 g/mol. The van der Waals surface area contributed by atoms with E-state index in [0.717, 1.165) is 0 Å². The number of rotatable bonds is 8. The number of nitrogens with one attached hydrogen (secondary N) is 1. The summed E-state index contributed by atoms with van der Waals surface area (Å²) in [5.41, 5.74) is 5.27. The fraction of sp³-hybridized carbons (Fsp3) is 0.600. The first-order valence-corrected chi connectivity index (χ1v) is 5.29. The molecule has 1 amide bonds. The predicted molar refractivity (Wildman–Crippen MR) is 59.8 cm³/mol. The maximum atomic E-state index is 12.1. The Labute approximate surface area is 107 Å². The van der Waals surface area contributed by atoms with Gasteiger partial charge in [0, 0.05) is 0 Å². The van der Waals surface area contributed by atoms with Crippen molar-refractivity contribution in [1.29, 1.82) is 0 Å². The molecule has 0 fully saturated rings. The molecule has 108 valence electrons. The highest BCUT2D eigenvalue weighted by atomic mass is 19.1. The lowest BCUT2D eigenvalue weighted by Gasteiger charge is -2.19. The second-order valence-corrected chi connectivity index (χ2v) is 3.85. The van der Waals surface area contributed by atoms with Gasteiger partial charge in [-0.1, -0.05) is 0 Å². The van der Waals surface area contributed by atoms with E-state index in [1.54, 1.807) is 0 Å². The van der Waals surface area contributed by atoms with Gasteiger partial charge in [-0.3, -0.25) is 19.2 Å². The molecule has 0 rings (SSSR count). The zero-order chi connectivity index (χ0) is 15.2. The monoisotopic (exact) mass is 278 g/mol. The highest BCUT2D eigenvalue weighted by molar-refractivity contribution is 6.40. The predicted octanol–water partition coefficient (Wildman–Crippen LogP) is -2.24. The first-order valence-electron chi connectivity index (χ1n) is 5.29. The van der Waals surface area contributed by atoms with Crippen LogP contribution in [0.1, 0.15) is 13.3 Å². The Bertz CT molecular complexity index is 384. The molecule has 0 radical (unpaired) electrons.